The van der Waals surface area contributed by atoms with Crippen molar-refractivity contribution in [1.29, 1.82) is 0 Å². The minimum absolute atomic E-state index is 0.256. The van der Waals surface area contributed by atoms with E-state index < -0.39 is 23.8 Å². The van der Waals surface area contributed by atoms with E-state index in [0.717, 1.165) is 17.7 Å². The third-order valence-electron chi connectivity index (χ3n) is 5.72. The fourth-order valence-electron chi connectivity index (χ4n) is 3.80. The van der Waals surface area contributed by atoms with Crippen LogP contribution in [-0.4, -0.2) is 38.3 Å². The lowest BCUT2D eigenvalue weighted by Gasteiger charge is -2.19. The SMILES string of the molecule is O=C(O)Cn1cc(-c2ccc(NC(=O)[C@H](NCCc3ccc(C(F)(F)F)cc3)c3ccccc3)nc2)cn1. The number of amides is 1. The van der Waals surface area contributed by atoms with Crippen molar-refractivity contribution in [1.82, 2.24) is 20.1 Å². The number of rotatable bonds is 10. The van der Waals surface area contributed by atoms with E-state index in [9.17, 15) is 22.8 Å². The molecule has 0 unspecified atom stereocenters. The molecule has 2 aromatic carbocycles. The van der Waals surface area contributed by atoms with Crippen LogP contribution in [0.4, 0.5) is 19.0 Å². The van der Waals surface area contributed by atoms with Crippen molar-refractivity contribution >= 4 is 17.7 Å². The number of anilines is 1. The van der Waals surface area contributed by atoms with Crippen LogP contribution in [0.25, 0.3) is 11.1 Å². The zero-order valence-corrected chi connectivity index (χ0v) is 20.0. The van der Waals surface area contributed by atoms with Gasteiger partial charge >= 0.3 is 12.1 Å². The Morgan fingerprint density at radius 1 is 0.947 bits per heavy atom. The summed E-state index contributed by atoms with van der Waals surface area (Å²) in [6, 6.07) is 16.7. The molecule has 0 spiro atoms. The normalized spacial score (nSPS) is 12.2. The second kappa shape index (κ2) is 11.7. The number of nitrogens with zero attached hydrogens (tertiary/aromatic N) is 3. The standard InChI is InChI=1S/C27H24F3N5O3/c28-27(29,30)22-9-6-18(7-10-22)12-13-31-25(19-4-2-1-3-5-19)26(38)34-23-11-8-20(14-32-23)21-15-33-35(16-21)17-24(36)37/h1-11,14-16,25,31H,12-13,17H2,(H,36,37)(H,32,34,38)/t25-/m1/s1. The Balaban J connectivity index is 1.40. The Hall–Kier alpha value is -4.51. The fourth-order valence-corrected chi connectivity index (χ4v) is 3.80. The summed E-state index contributed by atoms with van der Waals surface area (Å²) in [6.45, 7) is 0.0966. The molecule has 1 atom stereocenters. The first-order chi connectivity index (χ1) is 18.2. The van der Waals surface area contributed by atoms with Crippen LogP contribution in [-0.2, 0) is 28.7 Å². The molecule has 0 aliphatic heterocycles. The van der Waals surface area contributed by atoms with Crippen molar-refractivity contribution < 1.29 is 27.9 Å². The maximum atomic E-state index is 13.2. The highest BCUT2D eigenvalue weighted by Crippen LogP contribution is 2.29. The van der Waals surface area contributed by atoms with E-state index in [-0.39, 0.29) is 12.5 Å². The van der Waals surface area contributed by atoms with Crippen molar-refractivity contribution in [3.63, 3.8) is 0 Å². The number of alkyl halides is 3. The zero-order chi connectivity index (χ0) is 27.1. The molecule has 11 heteroatoms. The van der Waals surface area contributed by atoms with Crippen LogP contribution in [0.2, 0.25) is 0 Å². The smallest absolute Gasteiger partial charge is 0.416 e. The number of benzene rings is 2. The van der Waals surface area contributed by atoms with Gasteiger partial charge < -0.3 is 15.7 Å². The number of hydrogen-bond donors (Lipinski definition) is 3. The van der Waals surface area contributed by atoms with Crippen LogP contribution >= 0.6 is 0 Å². The Kier molecular flexibility index (Phi) is 8.17. The van der Waals surface area contributed by atoms with Gasteiger partial charge in [0, 0.05) is 30.1 Å². The topological polar surface area (TPSA) is 109 Å². The number of carbonyl (C=O) groups excluding carboxylic acids is 1. The monoisotopic (exact) mass is 523 g/mol. The summed E-state index contributed by atoms with van der Waals surface area (Å²) >= 11 is 0. The van der Waals surface area contributed by atoms with Crippen molar-refractivity contribution in [3.8, 4) is 11.1 Å². The lowest BCUT2D eigenvalue weighted by molar-refractivity contribution is -0.138. The average molecular weight is 524 g/mol. The maximum Gasteiger partial charge on any atom is 0.416 e. The average Bonchev–Trinajstić information content (AvgIpc) is 3.35. The van der Waals surface area contributed by atoms with Gasteiger partial charge in [-0.3, -0.25) is 14.3 Å². The lowest BCUT2D eigenvalue weighted by Crippen LogP contribution is -2.34. The van der Waals surface area contributed by atoms with Crippen molar-refractivity contribution in [2.45, 2.75) is 25.2 Å². The second-order valence-electron chi connectivity index (χ2n) is 8.48. The summed E-state index contributed by atoms with van der Waals surface area (Å²) in [5.74, 6) is -1.03. The fraction of sp³-hybridized carbons (Fsp3) is 0.185. The van der Waals surface area contributed by atoms with Gasteiger partial charge in [0.1, 0.15) is 18.4 Å². The van der Waals surface area contributed by atoms with Gasteiger partial charge in [-0.1, -0.05) is 42.5 Å². The Labute approximate surface area is 216 Å². The molecule has 0 aliphatic carbocycles. The molecule has 2 aromatic heterocycles. The zero-order valence-electron chi connectivity index (χ0n) is 20.0. The molecule has 2 heterocycles. The summed E-state index contributed by atoms with van der Waals surface area (Å²) in [5.41, 5.74) is 2.11. The molecule has 0 saturated heterocycles. The molecule has 4 aromatic rings. The van der Waals surface area contributed by atoms with Gasteiger partial charge in [0.15, 0.2) is 0 Å². The van der Waals surface area contributed by atoms with Crippen LogP contribution in [0.3, 0.4) is 0 Å². The number of nitrogens with one attached hydrogen (secondary N) is 2. The van der Waals surface area contributed by atoms with E-state index in [1.165, 1.54) is 23.0 Å². The lowest BCUT2D eigenvalue weighted by atomic mass is 10.0. The summed E-state index contributed by atoms with van der Waals surface area (Å²) in [5, 5.41) is 18.9. The number of pyridine rings is 1. The molecule has 0 aliphatic rings. The van der Waals surface area contributed by atoms with E-state index in [4.69, 9.17) is 5.11 Å². The van der Waals surface area contributed by atoms with Gasteiger partial charge in [0.05, 0.1) is 11.8 Å². The molecule has 1 amide bonds. The third kappa shape index (κ3) is 7.04. The predicted molar refractivity (Wildman–Crippen MR) is 134 cm³/mol. The quantitative estimate of drug-likeness (QED) is 0.281. The van der Waals surface area contributed by atoms with Gasteiger partial charge in [-0.15, -0.1) is 0 Å². The van der Waals surface area contributed by atoms with Gasteiger partial charge in [0.25, 0.3) is 0 Å². The molecule has 196 valence electrons. The number of carbonyl (C=O) groups is 2. The number of carboxylic acid groups (broad SMARTS) is 1. The van der Waals surface area contributed by atoms with Crippen molar-refractivity contribution in [3.05, 3.63) is 102 Å². The molecule has 8 nitrogen and oxygen atoms in total. The van der Waals surface area contributed by atoms with Crippen LogP contribution in [0.1, 0.15) is 22.7 Å². The first-order valence-electron chi connectivity index (χ1n) is 11.6. The van der Waals surface area contributed by atoms with Gasteiger partial charge in [-0.25, -0.2) is 4.98 Å². The Bertz CT molecular complexity index is 1370. The van der Waals surface area contributed by atoms with Crippen molar-refractivity contribution in [2.75, 3.05) is 11.9 Å². The first-order valence-corrected chi connectivity index (χ1v) is 11.6. The molecule has 38 heavy (non-hydrogen) atoms. The highest BCUT2D eigenvalue weighted by Gasteiger charge is 2.30. The third-order valence-corrected chi connectivity index (χ3v) is 5.72. The number of halogens is 3. The molecule has 0 bridgehead atoms. The van der Waals surface area contributed by atoms with E-state index in [2.05, 4.69) is 20.7 Å². The van der Waals surface area contributed by atoms with Crippen LogP contribution < -0.4 is 10.6 Å². The van der Waals surface area contributed by atoms with E-state index >= 15 is 0 Å². The molecular weight excluding hydrogens is 499 g/mol. The van der Waals surface area contributed by atoms with Crippen LogP contribution in [0, 0.1) is 0 Å². The summed E-state index contributed by atoms with van der Waals surface area (Å²) in [6.07, 6.45) is 0.714. The van der Waals surface area contributed by atoms with Gasteiger partial charge in [0.2, 0.25) is 5.91 Å². The van der Waals surface area contributed by atoms with Crippen LogP contribution in [0.5, 0.6) is 0 Å². The van der Waals surface area contributed by atoms with Crippen LogP contribution in [0.15, 0.2) is 85.3 Å². The van der Waals surface area contributed by atoms with E-state index in [0.29, 0.717) is 35.5 Å². The Morgan fingerprint density at radius 3 is 2.32 bits per heavy atom. The Morgan fingerprint density at radius 2 is 1.68 bits per heavy atom. The first kappa shape index (κ1) is 26.6. The van der Waals surface area contributed by atoms with Gasteiger partial charge in [-0.2, -0.15) is 18.3 Å². The molecule has 0 saturated carbocycles. The van der Waals surface area contributed by atoms with Crippen molar-refractivity contribution in [2.24, 2.45) is 0 Å². The largest absolute Gasteiger partial charge is 0.480 e. The highest BCUT2D eigenvalue weighted by molar-refractivity contribution is 5.95. The summed E-state index contributed by atoms with van der Waals surface area (Å²) in [4.78, 5) is 28.3. The summed E-state index contributed by atoms with van der Waals surface area (Å²) < 4.78 is 39.7. The minimum atomic E-state index is -4.39. The molecule has 0 radical (unpaired) electrons. The number of aliphatic carboxylic acids is 1. The number of carboxylic acids is 1. The molecule has 0 fully saturated rings. The molecular formula is C27H24F3N5O3. The minimum Gasteiger partial charge on any atom is -0.480 e. The number of hydrogen-bond acceptors (Lipinski definition) is 5. The highest BCUT2D eigenvalue weighted by atomic mass is 19.4. The maximum absolute atomic E-state index is 13.2. The van der Waals surface area contributed by atoms with E-state index in [1.54, 1.807) is 36.7 Å². The summed E-state index contributed by atoms with van der Waals surface area (Å²) in [7, 11) is 0. The second-order valence-corrected chi connectivity index (χ2v) is 8.48. The predicted octanol–water partition coefficient (Wildman–Crippen LogP) is 4.56. The van der Waals surface area contributed by atoms with E-state index in [1.807, 2.05) is 18.2 Å². The number of aromatic nitrogens is 3. The molecule has 4 rings (SSSR count). The van der Waals surface area contributed by atoms with Gasteiger partial charge in [-0.05, 0) is 41.8 Å². The molecule has 3 N–H and O–H groups in total.